The van der Waals surface area contributed by atoms with Crippen LogP contribution in [0.1, 0.15) is 5.56 Å². The Bertz CT molecular complexity index is 569. The summed E-state index contributed by atoms with van der Waals surface area (Å²) in [6, 6.07) is 15.9. The molecule has 0 spiro atoms. The first-order chi connectivity index (χ1) is 8.34. The van der Waals surface area contributed by atoms with Gasteiger partial charge in [-0.15, -0.1) is 5.16 Å². The van der Waals surface area contributed by atoms with Crippen LogP contribution in [0.2, 0.25) is 0 Å². The van der Waals surface area contributed by atoms with Crippen molar-refractivity contribution in [3.63, 3.8) is 0 Å². The van der Waals surface area contributed by atoms with E-state index in [1.165, 1.54) is 0 Å². The molecule has 0 saturated carbocycles. The van der Waals surface area contributed by atoms with Gasteiger partial charge in [-0.25, -0.2) is 0 Å². The predicted octanol–water partition coefficient (Wildman–Crippen LogP) is 1.41. The summed E-state index contributed by atoms with van der Waals surface area (Å²) in [5.74, 6) is 0. The highest BCUT2D eigenvalue weighted by atomic mass is 16.6. The summed E-state index contributed by atoms with van der Waals surface area (Å²) in [6.45, 7) is 0. The van der Waals surface area contributed by atoms with Crippen LogP contribution in [0.15, 0.2) is 53.7 Å². The van der Waals surface area contributed by atoms with Crippen molar-refractivity contribution in [2.75, 3.05) is 0 Å². The van der Waals surface area contributed by atoms with Crippen molar-refractivity contribution in [2.24, 2.45) is 5.16 Å². The third-order valence-electron chi connectivity index (χ3n) is 2.81. The van der Waals surface area contributed by atoms with Gasteiger partial charge in [0.2, 0.25) is 0 Å². The van der Waals surface area contributed by atoms with Crippen LogP contribution in [0.4, 0.5) is 0 Å². The highest BCUT2D eigenvalue weighted by Crippen LogP contribution is 2.19. The number of hydrogen-bond donors (Lipinski definition) is 1. The molecule has 1 heterocycles. The number of oxime groups is 1. The predicted molar refractivity (Wildman–Crippen MR) is 68.2 cm³/mol. The largest absolute Gasteiger partial charge is 0.583 e. The molecule has 2 aromatic rings. The zero-order valence-corrected chi connectivity index (χ0v) is 9.08. The average Bonchev–Trinajstić information content (AvgIpc) is 2.40. The van der Waals surface area contributed by atoms with Crippen molar-refractivity contribution < 1.29 is 9.78 Å². The fraction of sp³-hybridized carbons (Fsp3) is 0. The Hall–Kier alpha value is -2.07. The highest BCUT2D eigenvalue weighted by molar-refractivity contribution is 6.62. The number of fused-ring (bicyclic) bond motifs is 1. The summed E-state index contributed by atoms with van der Waals surface area (Å²) in [6.07, 6.45) is 1.62. The first kappa shape index (κ1) is 10.1. The topological polar surface area (TPSA) is 41.8 Å². The van der Waals surface area contributed by atoms with E-state index in [4.69, 9.17) is 4.76 Å². The van der Waals surface area contributed by atoms with Crippen molar-refractivity contribution in [2.45, 2.75) is 0 Å². The average molecular weight is 223 g/mol. The van der Waals surface area contributed by atoms with Crippen molar-refractivity contribution >= 4 is 18.8 Å². The summed E-state index contributed by atoms with van der Waals surface area (Å²) in [5.41, 5.74) is 3.89. The maximum Gasteiger partial charge on any atom is 0.583 e. The molecule has 17 heavy (non-hydrogen) atoms. The van der Waals surface area contributed by atoms with Gasteiger partial charge in [-0.1, -0.05) is 42.5 Å². The number of nitrogens with zero attached hydrogens (tertiary/aromatic N) is 1. The van der Waals surface area contributed by atoms with E-state index in [0.717, 1.165) is 22.2 Å². The molecule has 0 aromatic heterocycles. The van der Waals surface area contributed by atoms with E-state index >= 15 is 0 Å². The Labute approximate surface area is 99.5 Å². The van der Waals surface area contributed by atoms with Gasteiger partial charge in [-0.05, 0) is 22.8 Å². The van der Waals surface area contributed by atoms with Gasteiger partial charge >= 0.3 is 7.12 Å². The van der Waals surface area contributed by atoms with Gasteiger partial charge in [0.15, 0.2) is 0 Å². The van der Waals surface area contributed by atoms with Crippen LogP contribution in [0.3, 0.4) is 0 Å². The van der Waals surface area contributed by atoms with Crippen LogP contribution in [-0.2, 0) is 4.76 Å². The number of benzene rings is 2. The zero-order chi connectivity index (χ0) is 11.7. The molecule has 1 N–H and O–H groups in total. The number of rotatable bonds is 1. The molecule has 0 bridgehead atoms. The van der Waals surface area contributed by atoms with E-state index < -0.39 is 7.12 Å². The molecular formula is C13H10BNO2. The second-order valence-corrected chi connectivity index (χ2v) is 3.90. The molecule has 1 aliphatic heterocycles. The molecule has 0 amide bonds. The molecule has 0 radical (unpaired) electrons. The van der Waals surface area contributed by atoms with Gasteiger partial charge in [-0.2, -0.15) is 0 Å². The second kappa shape index (κ2) is 4.07. The van der Waals surface area contributed by atoms with Crippen LogP contribution < -0.4 is 5.46 Å². The molecule has 0 atom stereocenters. The van der Waals surface area contributed by atoms with E-state index in [1.807, 2.05) is 36.4 Å². The second-order valence-electron chi connectivity index (χ2n) is 3.90. The lowest BCUT2D eigenvalue weighted by atomic mass is 9.75. The molecule has 0 unspecified atom stereocenters. The van der Waals surface area contributed by atoms with E-state index in [9.17, 15) is 5.02 Å². The molecule has 82 valence electrons. The highest BCUT2D eigenvalue weighted by Gasteiger charge is 2.24. The van der Waals surface area contributed by atoms with E-state index in [1.54, 1.807) is 6.21 Å². The third-order valence-corrected chi connectivity index (χ3v) is 2.81. The van der Waals surface area contributed by atoms with Crippen molar-refractivity contribution in [1.29, 1.82) is 0 Å². The maximum absolute atomic E-state index is 9.59. The minimum atomic E-state index is -0.958. The van der Waals surface area contributed by atoms with Crippen molar-refractivity contribution in [1.82, 2.24) is 0 Å². The summed E-state index contributed by atoms with van der Waals surface area (Å²) < 4.78 is 4.77. The van der Waals surface area contributed by atoms with Gasteiger partial charge in [0, 0.05) is 5.46 Å². The van der Waals surface area contributed by atoms with Gasteiger partial charge in [0.05, 0.1) is 6.21 Å². The minimum absolute atomic E-state index is 0.750. The Morgan fingerprint density at radius 3 is 2.65 bits per heavy atom. The van der Waals surface area contributed by atoms with Gasteiger partial charge in [0.1, 0.15) is 0 Å². The van der Waals surface area contributed by atoms with Crippen LogP contribution in [0.25, 0.3) is 11.1 Å². The van der Waals surface area contributed by atoms with Crippen LogP contribution in [0, 0.1) is 0 Å². The minimum Gasteiger partial charge on any atom is -0.427 e. The summed E-state index contributed by atoms with van der Waals surface area (Å²) in [4.78, 5) is 0. The summed E-state index contributed by atoms with van der Waals surface area (Å²) in [5, 5.41) is 13.2. The first-order valence-corrected chi connectivity index (χ1v) is 5.41. The lowest BCUT2D eigenvalue weighted by Crippen LogP contribution is -2.37. The summed E-state index contributed by atoms with van der Waals surface area (Å²) >= 11 is 0. The molecular weight excluding hydrogens is 213 g/mol. The van der Waals surface area contributed by atoms with E-state index in [0.29, 0.717) is 0 Å². The normalized spacial score (nSPS) is 13.1. The van der Waals surface area contributed by atoms with Crippen LogP contribution >= 0.6 is 0 Å². The molecule has 3 nitrogen and oxygen atoms in total. The molecule has 2 aromatic carbocycles. The fourth-order valence-electron chi connectivity index (χ4n) is 1.92. The SMILES string of the molecule is OB1ON=Cc2cc(-c3ccccc3)ccc21. The summed E-state index contributed by atoms with van der Waals surface area (Å²) in [7, 11) is -0.958. The lowest BCUT2D eigenvalue weighted by Gasteiger charge is -2.13. The molecule has 4 heteroatoms. The van der Waals surface area contributed by atoms with Gasteiger partial charge in [-0.3, -0.25) is 0 Å². The third kappa shape index (κ3) is 1.83. The molecule has 0 aliphatic carbocycles. The van der Waals surface area contributed by atoms with Crippen LogP contribution in [-0.4, -0.2) is 18.4 Å². The Kier molecular flexibility index (Phi) is 2.42. The zero-order valence-electron chi connectivity index (χ0n) is 9.08. The monoisotopic (exact) mass is 223 g/mol. The smallest absolute Gasteiger partial charge is 0.427 e. The van der Waals surface area contributed by atoms with E-state index in [-0.39, 0.29) is 0 Å². The van der Waals surface area contributed by atoms with Crippen LogP contribution in [0.5, 0.6) is 0 Å². The fourth-order valence-corrected chi connectivity index (χ4v) is 1.92. The Morgan fingerprint density at radius 2 is 1.82 bits per heavy atom. The van der Waals surface area contributed by atoms with Crippen molar-refractivity contribution in [3.05, 3.63) is 54.1 Å². The standard InChI is InChI=1S/C13H10BNO2/c16-14-13-7-6-11(8-12(13)9-15-17-14)10-4-2-1-3-5-10/h1-9,16H. The molecule has 0 saturated heterocycles. The molecule has 1 aliphatic rings. The first-order valence-electron chi connectivity index (χ1n) is 5.41. The maximum atomic E-state index is 9.59. The lowest BCUT2D eigenvalue weighted by molar-refractivity contribution is 0.286. The number of hydrogen-bond acceptors (Lipinski definition) is 3. The van der Waals surface area contributed by atoms with Gasteiger partial charge < -0.3 is 9.78 Å². The molecule has 3 rings (SSSR count). The quantitative estimate of drug-likeness (QED) is 0.742. The molecule has 0 fully saturated rings. The van der Waals surface area contributed by atoms with Crippen molar-refractivity contribution in [3.8, 4) is 11.1 Å². The van der Waals surface area contributed by atoms with Gasteiger partial charge in [0.25, 0.3) is 0 Å². The Morgan fingerprint density at radius 1 is 1.00 bits per heavy atom. The Balaban J connectivity index is 2.08. The van der Waals surface area contributed by atoms with E-state index in [2.05, 4.69) is 17.3 Å².